The SMILES string of the molecule is Cc1ccc(C2c3c(oc4c(C)cc(C)cc4c3=O)C(=O)N2Cc2ccco2)cc1. The van der Waals surface area contributed by atoms with E-state index in [4.69, 9.17) is 8.83 Å². The maximum absolute atomic E-state index is 13.6. The topological polar surface area (TPSA) is 63.7 Å². The Hall–Kier alpha value is -3.60. The molecule has 0 fully saturated rings. The second-order valence-corrected chi connectivity index (χ2v) is 7.96. The average molecular weight is 399 g/mol. The third-order valence-electron chi connectivity index (χ3n) is 5.70. The second-order valence-electron chi connectivity index (χ2n) is 7.96. The normalized spacial score (nSPS) is 15.8. The van der Waals surface area contributed by atoms with E-state index in [2.05, 4.69) is 0 Å². The minimum atomic E-state index is -0.528. The molecule has 0 saturated heterocycles. The monoisotopic (exact) mass is 399 g/mol. The lowest BCUT2D eigenvalue weighted by Crippen LogP contribution is -2.29. The first kappa shape index (κ1) is 18.4. The van der Waals surface area contributed by atoms with Gasteiger partial charge in [-0.15, -0.1) is 0 Å². The van der Waals surface area contributed by atoms with Crippen molar-refractivity contribution >= 4 is 16.9 Å². The van der Waals surface area contributed by atoms with Crippen LogP contribution in [0.25, 0.3) is 11.0 Å². The quantitative estimate of drug-likeness (QED) is 0.483. The van der Waals surface area contributed by atoms with E-state index in [1.165, 1.54) is 0 Å². The van der Waals surface area contributed by atoms with Crippen LogP contribution in [0.2, 0.25) is 0 Å². The van der Waals surface area contributed by atoms with Crippen molar-refractivity contribution in [2.45, 2.75) is 33.4 Å². The molecule has 3 heterocycles. The van der Waals surface area contributed by atoms with Crippen molar-refractivity contribution in [1.82, 2.24) is 4.90 Å². The van der Waals surface area contributed by atoms with Crippen molar-refractivity contribution in [2.24, 2.45) is 0 Å². The van der Waals surface area contributed by atoms with Crippen molar-refractivity contribution < 1.29 is 13.6 Å². The van der Waals surface area contributed by atoms with Crippen LogP contribution in [-0.4, -0.2) is 10.8 Å². The van der Waals surface area contributed by atoms with E-state index in [0.29, 0.717) is 22.3 Å². The molecule has 2 aromatic heterocycles. The maximum atomic E-state index is 13.6. The molecule has 5 nitrogen and oxygen atoms in total. The number of carbonyl (C=O) groups is 1. The van der Waals surface area contributed by atoms with E-state index >= 15 is 0 Å². The molecule has 0 bridgehead atoms. The number of aryl methyl sites for hydroxylation is 3. The van der Waals surface area contributed by atoms with Crippen LogP contribution in [-0.2, 0) is 6.54 Å². The Balaban J connectivity index is 1.77. The predicted molar refractivity (Wildman–Crippen MR) is 114 cm³/mol. The molecule has 5 heteroatoms. The Labute approximate surface area is 173 Å². The van der Waals surface area contributed by atoms with Crippen molar-refractivity contribution in [3.8, 4) is 0 Å². The Morgan fingerprint density at radius 2 is 1.73 bits per heavy atom. The van der Waals surface area contributed by atoms with Gasteiger partial charge in [0, 0.05) is 0 Å². The lowest BCUT2D eigenvalue weighted by molar-refractivity contribution is 0.0701. The average Bonchev–Trinajstić information content (AvgIpc) is 3.32. The molecule has 0 aliphatic carbocycles. The highest BCUT2D eigenvalue weighted by Crippen LogP contribution is 2.39. The molecule has 0 spiro atoms. The number of amides is 1. The summed E-state index contributed by atoms with van der Waals surface area (Å²) < 4.78 is 11.6. The summed E-state index contributed by atoms with van der Waals surface area (Å²) in [4.78, 5) is 28.7. The number of furan rings is 1. The molecule has 1 atom stereocenters. The molecule has 1 unspecified atom stereocenters. The number of rotatable bonds is 3. The standard InChI is InChI=1S/C25H21NO4/c1-14-6-8-17(9-7-14)21-20-22(27)19-12-15(2)11-16(3)23(19)30-24(20)25(28)26(21)13-18-5-4-10-29-18/h4-12,21H,13H2,1-3H3. The van der Waals surface area contributed by atoms with Crippen LogP contribution in [0.4, 0.5) is 0 Å². The smallest absolute Gasteiger partial charge is 0.291 e. The zero-order valence-electron chi connectivity index (χ0n) is 17.1. The van der Waals surface area contributed by atoms with E-state index in [9.17, 15) is 9.59 Å². The van der Waals surface area contributed by atoms with Crippen molar-refractivity contribution in [3.63, 3.8) is 0 Å². The molecule has 4 aromatic rings. The van der Waals surface area contributed by atoms with Crippen molar-refractivity contribution in [1.29, 1.82) is 0 Å². The Kier molecular flexibility index (Phi) is 4.13. The van der Waals surface area contributed by atoms with Crippen LogP contribution in [0.5, 0.6) is 0 Å². The number of hydrogen-bond acceptors (Lipinski definition) is 4. The molecule has 0 saturated carbocycles. The lowest BCUT2D eigenvalue weighted by atomic mass is 9.96. The minimum Gasteiger partial charge on any atom is -0.467 e. The molecular weight excluding hydrogens is 378 g/mol. The fraction of sp³-hybridized carbons (Fsp3) is 0.200. The maximum Gasteiger partial charge on any atom is 0.291 e. The first-order valence-electron chi connectivity index (χ1n) is 9.92. The van der Waals surface area contributed by atoms with E-state index in [1.807, 2.05) is 63.2 Å². The summed E-state index contributed by atoms with van der Waals surface area (Å²) in [5, 5.41) is 0.510. The number of benzene rings is 2. The van der Waals surface area contributed by atoms with Crippen molar-refractivity contribution in [3.05, 3.63) is 104 Å². The summed E-state index contributed by atoms with van der Waals surface area (Å²) >= 11 is 0. The van der Waals surface area contributed by atoms with E-state index in [0.717, 1.165) is 22.3 Å². The van der Waals surface area contributed by atoms with Gasteiger partial charge in [0.25, 0.3) is 5.91 Å². The van der Waals surface area contributed by atoms with Gasteiger partial charge in [-0.1, -0.05) is 35.9 Å². The fourth-order valence-corrected chi connectivity index (χ4v) is 4.30. The van der Waals surface area contributed by atoms with Gasteiger partial charge in [0.2, 0.25) is 5.76 Å². The lowest BCUT2D eigenvalue weighted by Gasteiger charge is -2.24. The fourth-order valence-electron chi connectivity index (χ4n) is 4.30. The highest BCUT2D eigenvalue weighted by molar-refractivity contribution is 5.99. The number of carbonyl (C=O) groups excluding carboxylic acids is 1. The molecule has 1 amide bonds. The Bertz CT molecular complexity index is 1330. The molecular formula is C25H21NO4. The molecule has 0 radical (unpaired) electrons. The molecule has 2 aromatic carbocycles. The third kappa shape index (κ3) is 2.77. The number of fused-ring (bicyclic) bond motifs is 2. The van der Waals surface area contributed by atoms with Gasteiger partial charge >= 0.3 is 0 Å². The molecule has 1 aliphatic rings. The Morgan fingerprint density at radius 1 is 0.967 bits per heavy atom. The van der Waals surface area contributed by atoms with Crippen molar-refractivity contribution in [2.75, 3.05) is 0 Å². The molecule has 1 aliphatic heterocycles. The highest BCUT2D eigenvalue weighted by Gasteiger charge is 2.43. The van der Waals surface area contributed by atoms with Crippen LogP contribution < -0.4 is 5.43 Å². The van der Waals surface area contributed by atoms with Gasteiger partial charge < -0.3 is 13.7 Å². The van der Waals surface area contributed by atoms with Crippen LogP contribution in [0.1, 0.15) is 50.2 Å². The zero-order valence-corrected chi connectivity index (χ0v) is 17.1. The summed E-state index contributed by atoms with van der Waals surface area (Å²) in [6.45, 7) is 6.10. The van der Waals surface area contributed by atoms with Gasteiger partial charge in [0.05, 0.1) is 29.8 Å². The van der Waals surface area contributed by atoms with Crippen LogP contribution in [0.3, 0.4) is 0 Å². The van der Waals surface area contributed by atoms with E-state index < -0.39 is 6.04 Å². The zero-order chi connectivity index (χ0) is 21.0. The molecule has 5 rings (SSSR count). The second kappa shape index (κ2) is 6.73. The van der Waals surface area contributed by atoms with Crippen LogP contribution in [0, 0.1) is 20.8 Å². The number of hydrogen-bond donors (Lipinski definition) is 0. The van der Waals surface area contributed by atoms with E-state index in [1.54, 1.807) is 17.2 Å². The van der Waals surface area contributed by atoms with Crippen LogP contribution >= 0.6 is 0 Å². The van der Waals surface area contributed by atoms with Gasteiger partial charge in [0.15, 0.2) is 5.43 Å². The van der Waals surface area contributed by atoms with Gasteiger partial charge in [-0.2, -0.15) is 0 Å². The summed E-state index contributed by atoms with van der Waals surface area (Å²) in [6, 6.07) is 14.8. The summed E-state index contributed by atoms with van der Waals surface area (Å²) in [7, 11) is 0. The third-order valence-corrected chi connectivity index (χ3v) is 5.70. The van der Waals surface area contributed by atoms with Gasteiger partial charge in [-0.3, -0.25) is 9.59 Å². The minimum absolute atomic E-state index is 0.122. The summed E-state index contributed by atoms with van der Waals surface area (Å²) in [5.74, 6) is 0.472. The Morgan fingerprint density at radius 3 is 2.43 bits per heavy atom. The van der Waals surface area contributed by atoms with Gasteiger partial charge in [-0.25, -0.2) is 0 Å². The summed E-state index contributed by atoms with van der Waals surface area (Å²) in [6.07, 6.45) is 1.58. The first-order chi connectivity index (χ1) is 14.4. The molecule has 0 N–H and O–H groups in total. The number of nitrogens with zero attached hydrogens (tertiary/aromatic N) is 1. The molecule has 30 heavy (non-hydrogen) atoms. The molecule has 150 valence electrons. The predicted octanol–water partition coefficient (Wildman–Crippen LogP) is 5.06. The van der Waals surface area contributed by atoms with Gasteiger partial charge in [0.1, 0.15) is 11.3 Å². The highest BCUT2D eigenvalue weighted by atomic mass is 16.4. The van der Waals surface area contributed by atoms with E-state index in [-0.39, 0.29) is 23.6 Å². The van der Waals surface area contributed by atoms with Crippen LogP contribution in [0.15, 0.2) is 68.4 Å². The summed E-state index contributed by atoms with van der Waals surface area (Å²) in [5.41, 5.74) is 4.52. The largest absolute Gasteiger partial charge is 0.467 e. The first-order valence-corrected chi connectivity index (χ1v) is 9.92. The van der Waals surface area contributed by atoms with Gasteiger partial charge in [-0.05, 0) is 55.7 Å².